The van der Waals surface area contributed by atoms with E-state index < -0.39 is 0 Å². The molecule has 0 aliphatic rings. The van der Waals surface area contributed by atoms with E-state index in [-0.39, 0.29) is 5.91 Å². The highest BCUT2D eigenvalue weighted by atomic mass is 16.5. The third-order valence-electron chi connectivity index (χ3n) is 5.28. The second-order valence-corrected chi connectivity index (χ2v) is 7.05. The SMILES string of the molecule is CC[NH+](CC)Cc1ccc(CNC(=O)c2oc3ccc(OC)cc3c2C)cc1. The fourth-order valence-corrected chi connectivity index (χ4v) is 3.37. The molecule has 28 heavy (non-hydrogen) atoms. The van der Waals surface area contributed by atoms with E-state index in [1.54, 1.807) is 12.0 Å². The summed E-state index contributed by atoms with van der Waals surface area (Å²) in [7, 11) is 1.62. The van der Waals surface area contributed by atoms with Crippen LogP contribution in [0.15, 0.2) is 46.9 Å². The van der Waals surface area contributed by atoms with Crippen molar-refractivity contribution in [2.24, 2.45) is 0 Å². The Labute approximate surface area is 166 Å². The van der Waals surface area contributed by atoms with Crippen molar-refractivity contribution < 1.29 is 18.8 Å². The molecular formula is C23H29N2O3+. The van der Waals surface area contributed by atoms with Gasteiger partial charge in [-0.3, -0.25) is 4.79 Å². The Morgan fingerprint density at radius 2 is 1.75 bits per heavy atom. The number of quaternary nitrogens is 1. The van der Waals surface area contributed by atoms with Gasteiger partial charge in [-0.1, -0.05) is 24.3 Å². The lowest BCUT2D eigenvalue weighted by molar-refractivity contribution is -0.910. The minimum atomic E-state index is -0.204. The Morgan fingerprint density at radius 1 is 1.07 bits per heavy atom. The van der Waals surface area contributed by atoms with Crippen molar-refractivity contribution >= 4 is 16.9 Å². The minimum absolute atomic E-state index is 0.204. The highest BCUT2D eigenvalue weighted by Crippen LogP contribution is 2.28. The average Bonchev–Trinajstić information content (AvgIpc) is 3.07. The van der Waals surface area contributed by atoms with Gasteiger partial charge >= 0.3 is 0 Å². The maximum absolute atomic E-state index is 12.6. The van der Waals surface area contributed by atoms with Crippen LogP contribution in [-0.4, -0.2) is 26.1 Å². The zero-order valence-corrected chi connectivity index (χ0v) is 17.1. The summed E-state index contributed by atoms with van der Waals surface area (Å²) in [5.74, 6) is 0.893. The van der Waals surface area contributed by atoms with E-state index in [0.29, 0.717) is 17.9 Å². The summed E-state index contributed by atoms with van der Waals surface area (Å²) < 4.78 is 11.0. The molecule has 5 heteroatoms. The zero-order chi connectivity index (χ0) is 20.1. The molecule has 0 atom stereocenters. The van der Waals surface area contributed by atoms with Crippen LogP contribution >= 0.6 is 0 Å². The number of aryl methyl sites for hydroxylation is 1. The molecule has 0 radical (unpaired) electrons. The summed E-state index contributed by atoms with van der Waals surface area (Å²) in [4.78, 5) is 14.2. The maximum Gasteiger partial charge on any atom is 0.287 e. The number of ether oxygens (including phenoxy) is 1. The molecule has 1 amide bonds. The van der Waals surface area contributed by atoms with Gasteiger partial charge in [0.25, 0.3) is 5.91 Å². The van der Waals surface area contributed by atoms with E-state index in [1.165, 1.54) is 5.56 Å². The van der Waals surface area contributed by atoms with Crippen LogP contribution in [0.25, 0.3) is 11.0 Å². The Bertz CT molecular complexity index is 940. The summed E-state index contributed by atoms with van der Waals surface area (Å²) in [6.07, 6.45) is 0. The van der Waals surface area contributed by atoms with Gasteiger partial charge in [0.1, 0.15) is 17.9 Å². The van der Waals surface area contributed by atoms with Crippen molar-refractivity contribution in [3.63, 3.8) is 0 Å². The molecule has 0 aliphatic carbocycles. The molecule has 0 unspecified atom stereocenters. The molecule has 3 rings (SSSR count). The molecule has 3 aromatic rings. The summed E-state index contributed by atoms with van der Waals surface area (Å²) >= 11 is 0. The van der Waals surface area contributed by atoms with E-state index in [1.807, 2.05) is 25.1 Å². The van der Waals surface area contributed by atoms with Gasteiger partial charge < -0.3 is 19.4 Å². The second-order valence-electron chi connectivity index (χ2n) is 7.05. The smallest absolute Gasteiger partial charge is 0.287 e. The molecule has 0 saturated carbocycles. The summed E-state index contributed by atoms with van der Waals surface area (Å²) in [5, 5.41) is 3.86. The number of fused-ring (bicyclic) bond motifs is 1. The Hall–Kier alpha value is -2.79. The van der Waals surface area contributed by atoms with Gasteiger partial charge in [0.15, 0.2) is 5.76 Å². The molecule has 1 heterocycles. The number of benzene rings is 2. The number of amides is 1. The molecule has 0 fully saturated rings. The van der Waals surface area contributed by atoms with Crippen LogP contribution < -0.4 is 15.0 Å². The number of rotatable bonds is 8. The molecule has 148 valence electrons. The Morgan fingerprint density at radius 3 is 2.39 bits per heavy atom. The number of nitrogens with one attached hydrogen (secondary N) is 2. The molecule has 2 aromatic carbocycles. The molecule has 2 N–H and O–H groups in total. The van der Waals surface area contributed by atoms with E-state index in [4.69, 9.17) is 9.15 Å². The van der Waals surface area contributed by atoms with Crippen molar-refractivity contribution in [2.75, 3.05) is 20.2 Å². The number of methoxy groups -OCH3 is 1. The zero-order valence-electron chi connectivity index (χ0n) is 17.1. The van der Waals surface area contributed by atoms with Crippen molar-refractivity contribution in [2.45, 2.75) is 33.9 Å². The van der Waals surface area contributed by atoms with E-state index in [2.05, 4.69) is 43.4 Å². The molecule has 5 nitrogen and oxygen atoms in total. The fraction of sp³-hybridized carbons (Fsp3) is 0.348. The largest absolute Gasteiger partial charge is 0.497 e. The lowest BCUT2D eigenvalue weighted by atomic mass is 10.1. The Kier molecular flexibility index (Phi) is 6.37. The highest BCUT2D eigenvalue weighted by molar-refractivity contribution is 5.99. The molecule has 0 aliphatic heterocycles. The molecule has 0 saturated heterocycles. The van der Waals surface area contributed by atoms with Crippen LogP contribution in [0.3, 0.4) is 0 Å². The van der Waals surface area contributed by atoms with Gasteiger partial charge in [-0.05, 0) is 44.5 Å². The summed E-state index contributed by atoms with van der Waals surface area (Å²) in [6.45, 7) is 10.1. The monoisotopic (exact) mass is 381 g/mol. The van der Waals surface area contributed by atoms with Gasteiger partial charge in [0.2, 0.25) is 0 Å². The first-order valence-electron chi connectivity index (χ1n) is 9.82. The fourth-order valence-electron chi connectivity index (χ4n) is 3.37. The van der Waals surface area contributed by atoms with Gasteiger partial charge in [0, 0.05) is 23.1 Å². The predicted molar refractivity (Wildman–Crippen MR) is 111 cm³/mol. The summed E-state index contributed by atoms with van der Waals surface area (Å²) in [5.41, 5.74) is 3.90. The predicted octanol–water partition coefficient (Wildman–Crippen LogP) is 3.10. The third-order valence-corrected chi connectivity index (χ3v) is 5.28. The van der Waals surface area contributed by atoms with Crippen molar-refractivity contribution in [1.82, 2.24) is 5.32 Å². The lowest BCUT2D eigenvalue weighted by Crippen LogP contribution is -3.10. The summed E-state index contributed by atoms with van der Waals surface area (Å²) in [6, 6.07) is 14.0. The van der Waals surface area contributed by atoms with Gasteiger partial charge in [-0.25, -0.2) is 0 Å². The highest BCUT2D eigenvalue weighted by Gasteiger charge is 2.18. The van der Waals surface area contributed by atoms with E-state index >= 15 is 0 Å². The molecule has 0 spiro atoms. The second kappa shape index (κ2) is 8.93. The normalized spacial score (nSPS) is 11.2. The van der Waals surface area contributed by atoms with Crippen molar-refractivity contribution in [3.05, 3.63) is 64.9 Å². The van der Waals surface area contributed by atoms with Crippen LogP contribution in [0.2, 0.25) is 0 Å². The number of furan rings is 1. The first kappa shape index (κ1) is 20.0. The van der Waals surface area contributed by atoms with Crippen LogP contribution in [0.1, 0.15) is 41.1 Å². The van der Waals surface area contributed by atoms with Crippen LogP contribution in [0.5, 0.6) is 5.75 Å². The van der Waals surface area contributed by atoms with Crippen LogP contribution in [-0.2, 0) is 13.1 Å². The average molecular weight is 381 g/mol. The first-order chi connectivity index (χ1) is 13.5. The number of hydrogen-bond acceptors (Lipinski definition) is 3. The topological polar surface area (TPSA) is 55.9 Å². The van der Waals surface area contributed by atoms with Gasteiger partial charge in [0.05, 0.1) is 20.2 Å². The number of hydrogen-bond donors (Lipinski definition) is 2. The van der Waals surface area contributed by atoms with E-state index in [0.717, 1.165) is 41.9 Å². The molecule has 1 aromatic heterocycles. The van der Waals surface area contributed by atoms with Crippen molar-refractivity contribution in [1.29, 1.82) is 0 Å². The van der Waals surface area contributed by atoms with Gasteiger partial charge in [-0.2, -0.15) is 0 Å². The Balaban J connectivity index is 1.65. The number of carbonyl (C=O) groups excluding carboxylic acids is 1. The van der Waals surface area contributed by atoms with E-state index in [9.17, 15) is 4.79 Å². The minimum Gasteiger partial charge on any atom is -0.497 e. The van der Waals surface area contributed by atoms with Gasteiger partial charge in [-0.15, -0.1) is 0 Å². The first-order valence-corrected chi connectivity index (χ1v) is 9.82. The standard InChI is InChI=1S/C23H28N2O3/c1-5-25(6-2)15-18-9-7-17(8-10-18)14-24-23(26)22-16(3)20-13-19(27-4)11-12-21(20)28-22/h7-13H,5-6,14-15H2,1-4H3,(H,24,26)/p+1. The molecular weight excluding hydrogens is 352 g/mol. The van der Waals surface area contributed by atoms with Crippen LogP contribution in [0.4, 0.5) is 0 Å². The quantitative estimate of drug-likeness (QED) is 0.630. The lowest BCUT2D eigenvalue weighted by Gasteiger charge is -2.15. The maximum atomic E-state index is 12.6. The van der Waals surface area contributed by atoms with Crippen LogP contribution in [0, 0.1) is 6.92 Å². The molecule has 0 bridgehead atoms. The third kappa shape index (κ3) is 4.37. The van der Waals surface area contributed by atoms with Crippen molar-refractivity contribution in [3.8, 4) is 5.75 Å². The number of carbonyl (C=O) groups is 1.